The monoisotopic (exact) mass is 295 g/mol. The van der Waals surface area contributed by atoms with Crippen LogP contribution in [0.5, 0.6) is 5.75 Å². The molecule has 4 nitrogen and oxygen atoms in total. The van der Waals surface area contributed by atoms with Crippen LogP contribution in [0.3, 0.4) is 0 Å². The summed E-state index contributed by atoms with van der Waals surface area (Å²) < 4.78 is 5.57. The van der Waals surface area contributed by atoms with Gasteiger partial charge in [-0.2, -0.15) is 0 Å². The Bertz CT molecular complexity index is 665. The van der Waals surface area contributed by atoms with Crippen LogP contribution in [0.2, 0.25) is 0 Å². The van der Waals surface area contributed by atoms with Crippen LogP contribution < -0.4 is 10.1 Å². The predicted molar refractivity (Wildman–Crippen MR) is 87.2 cm³/mol. The Labute approximate surface area is 130 Å². The summed E-state index contributed by atoms with van der Waals surface area (Å²) in [7, 11) is 0. The third-order valence-electron chi connectivity index (χ3n) is 4.58. The van der Waals surface area contributed by atoms with Crippen molar-refractivity contribution in [3.8, 4) is 17.0 Å². The second kappa shape index (κ2) is 5.95. The minimum Gasteiger partial charge on any atom is -0.493 e. The SMILES string of the molecule is c1cc(-c2ccc3c(c2)CCO3)nc(NC2CCCCC2)n1. The fourth-order valence-corrected chi connectivity index (χ4v) is 3.36. The standard InChI is InChI=1S/C18H21N3O/c1-2-4-15(5-3-1)20-18-19-10-8-16(21-18)13-6-7-17-14(12-13)9-11-22-17/h6-8,10,12,15H,1-5,9,11H2,(H,19,20,21). The lowest BCUT2D eigenvalue weighted by Crippen LogP contribution is -2.23. The molecule has 4 heteroatoms. The van der Waals surface area contributed by atoms with Crippen molar-refractivity contribution in [2.24, 2.45) is 0 Å². The largest absolute Gasteiger partial charge is 0.493 e. The van der Waals surface area contributed by atoms with Crippen molar-refractivity contribution in [2.75, 3.05) is 11.9 Å². The molecule has 1 aromatic heterocycles. The summed E-state index contributed by atoms with van der Waals surface area (Å²) in [5, 5.41) is 3.50. The average molecular weight is 295 g/mol. The number of aromatic nitrogens is 2. The van der Waals surface area contributed by atoms with Crippen LogP contribution in [0.1, 0.15) is 37.7 Å². The molecule has 2 aliphatic rings. The molecule has 0 radical (unpaired) electrons. The molecule has 4 rings (SSSR count). The number of hydrogen-bond donors (Lipinski definition) is 1. The van der Waals surface area contributed by atoms with Gasteiger partial charge < -0.3 is 10.1 Å². The van der Waals surface area contributed by atoms with Gasteiger partial charge in [0, 0.05) is 24.2 Å². The smallest absolute Gasteiger partial charge is 0.223 e. The van der Waals surface area contributed by atoms with E-state index in [0.717, 1.165) is 36.0 Å². The number of benzene rings is 1. The van der Waals surface area contributed by atoms with E-state index in [9.17, 15) is 0 Å². The third-order valence-corrected chi connectivity index (χ3v) is 4.58. The van der Waals surface area contributed by atoms with Crippen LogP contribution in [-0.4, -0.2) is 22.6 Å². The second-order valence-electron chi connectivity index (χ2n) is 6.17. The quantitative estimate of drug-likeness (QED) is 0.935. The van der Waals surface area contributed by atoms with Gasteiger partial charge in [0.05, 0.1) is 12.3 Å². The molecule has 0 amide bonds. The number of nitrogens with one attached hydrogen (secondary N) is 1. The van der Waals surface area contributed by atoms with Crippen molar-refractivity contribution >= 4 is 5.95 Å². The van der Waals surface area contributed by atoms with E-state index in [4.69, 9.17) is 9.72 Å². The summed E-state index contributed by atoms with van der Waals surface area (Å²) in [5.74, 6) is 1.76. The molecule has 114 valence electrons. The molecule has 2 heterocycles. The van der Waals surface area contributed by atoms with E-state index in [2.05, 4.69) is 22.4 Å². The predicted octanol–water partition coefficient (Wildman–Crippen LogP) is 3.82. The summed E-state index contributed by atoms with van der Waals surface area (Å²) in [4.78, 5) is 9.08. The topological polar surface area (TPSA) is 47.0 Å². The lowest BCUT2D eigenvalue weighted by Gasteiger charge is -2.22. The zero-order valence-corrected chi connectivity index (χ0v) is 12.7. The van der Waals surface area contributed by atoms with E-state index >= 15 is 0 Å². The highest BCUT2D eigenvalue weighted by atomic mass is 16.5. The van der Waals surface area contributed by atoms with E-state index in [1.165, 1.54) is 37.7 Å². The molecule has 0 bridgehead atoms. The molecule has 0 unspecified atom stereocenters. The van der Waals surface area contributed by atoms with E-state index in [1.807, 2.05) is 18.3 Å². The van der Waals surface area contributed by atoms with Crippen LogP contribution >= 0.6 is 0 Å². The lowest BCUT2D eigenvalue weighted by molar-refractivity contribution is 0.357. The maximum Gasteiger partial charge on any atom is 0.223 e. The fourth-order valence-electron chi connectivity index (χ4n) is 3.36. The van der Waals surface area contributed by atoms with Gasteiger partial charge in [0.15, 0.2) is 0 Å². The number of rotatable bonds is 3. The Morgan fingerprint density at radius 1 is 1.09 bits per heavy atom. The molecule has 22 heavy (non-hydrogen) atoms. The first-order chi connectivity index (χ1) is 10.9. The van der Waals surface area contributed by atoms with Gasteiger partial charge in [-0.1, -0.05) is 19.3 Å². The van der Waals surface area contributed by atoms with Crippen LogP contribution in [0, 0.1) is 0 Å². The minimum atomic E-state index is 0.525. The van der Waals surface area contributed by atoms with E-state index in [0.29, 0.717) is 6.04 Å². The first-order valence-corrected chi connectivity index (χ1v) is 8.24. The molecule has 1 N–H and O–H groups in total. The Morgan fingerprint density at radius 3 is 2.91 bits per heavy atom. The molecule has 1 aliphatic carbocycles. The van der Waals surface area contributed by atoms with Crippen LogP contribution in [0.25, 0.3) is 11.3 Å². The molecule has 0 saturated heterocycles. The van der Waals surface area contributed by atoms with Crippen molar-refractivity contribution in [3.05, 3.63) is 36.0 Å². The van der Waals surface area contributed by atoms with Gasteiger partial charge in [-0.05, 0) is 42.7 Å². The molecular weight excluding hydrogens is 274 g/mol. The van der Waals surface area contributed by atoms with Gasteiger partial charge >= 0.3 is 0 Å². The number of nitrogens with zero attached hydrogens (tertiary/aromatic N) is 2. The van der Waals surface area contributed by atoms with Crippen LogP contribution in [0.4, 0.5) is 5.95 Å². The Hall–Kier alpha value is -2.10. The molecule has 1 saturated carbocycles. The zero-order chi connectivity index (χ0) is 14.8. The Morgan fingerprint density at radius 2 is 2.00 bits per heavy atom. The Kier molecular flexibility index (Phi) is 3.67. The molecule has 0 spiro atoms. The van der Waals surface area contributed by atoms with Crippen molar-refractivity contribution in [2.45, 2.75) is 44.6 Å². The van der Waals surface area contributed by atoms with E-state index in [1.54, 1.807) is 0 Å². The summed E-state index contributed by atoms with van der Waals surface area (Å²) in [6, 6.07) is 8.82. The molecule has 1 aliphatic heterocycles. The highest BCUT2D eigenvalue weighted by molar-refractivity contribution is 5.63. The maximum absolute atomic E-state index is 5.57. The van der Waals surface area contributed by atoms with Gasteiger partial charge in [-0.25, -0.2) is 9.97 Å². The zero-order valence-electron chi connectivity index (χ0n) is 12.7. The van der Waals surface area contributed by atoms with Gasteiger partial charge in [0.25, 0.3) is 0 Å². The summed E-state index contributed by atoms with van der Waals surface area (Å²) in [6.07, 6.45) is 9.26. The first kappa shape index (κ1) is 13.6. The molecule has 1 aromatic carbocycles. The average Bonchev–Trinajstić information content (AvgIpc) is 3.04. The highest BCUT2D eigenvalue weighted by Crippen LogP contribution is 2.30. The van der Waals surface area contributed by atoms with Gasteiger partial charge in [-0.3, -0.25) is 0 Å². The fraction of sp³-hybridized carbons (Fsp3) is 0.444. The van der Waals surface area contributed by atoms with Crippen molar-refractivity contribution in [1.82, 2.24) is 9.97 Å². The highest BCUT2D eigenvalue weighted by Gasteiger charge is 2.16. The number of anilines is 1. The molecule has 2 aromatic rings. The number of ether oxygens (including phenoxy) is 1. The van der Waals surface area contributed by atoms with Crippen molar-refractivity contribution in [1.29, 1.82) is 0 Å². The van der Waals surface area contributed by atoms with Crippen molar-refractivity contribution in [3.63, 3.8) is 0 Å². The van der Waals surface area contributed by atoms with Crippen LogP contribution in [0.15, 0.2) is 30.5 Å². The number of fused-ring (bicyclic) bond motifs is 1. The summed E-state index contributed by atoms with van der Waals surface area (Å²) >= 11 is 0. The summed E-state index contributed by atoms with van der Waals surface area (Å²) in [5.41, 5.74) is 3.39. The maximum atomic E-state index is 5.57. The minimum absolute atomic E-state index is 0.525. The Balaban J connectivity index is 1.56. The first-order valence-electron chi connectivity index (χ1n) is 8.24. The summed E-state index contributed by atoms with van der Waals surface area (Å²) in [6.45, 7) is 0.789. The third kappa shape index (κ3) is 2.78. The second-order valence-corrected chi connectivity index (χ2v) is 6.17. The number of hydrogen-bond acceptors (Lipinski definition) is 4. The van der Waals surface area contributed by atoms with Gasteiger partial charge in [-0.15, -0.1) is 0 Å². The van der Waals surface area contributed by atoms with Gasteiger partial charge in [0.1, 0.15) is 5.75 Å². The van der Waals surface area contributed by atoms with E-state index < -0.39 is 0 Å². The van der Waals surface area contributed by atoms with Crippen LogP contribution in [-0.2, 0) is 6.42 Å². The molecule has 1 fully saturated rings. The van der Waals surface area contributed by atoms with Gasteiger partial charge in [0.2, 0.25) is 5.95 Å². The normalized spacial score (nSPS) is 17.8. The molecule has 0 atom stereocenters. The lowest BCUT2D eigenvalue weighted by atomic mass is 9.96. The van der Waals surface area contributed by atoms with Crippen molar-refractivity contribution < 1.29 is 4.74 Å². The molecular formula is C18H21N3O. The van der Waals surface area contributed by atoms with E-state index in [-0.39, 0.29) is 0 Å².